The maximum atomic E-state index is 11.2. The number of carbonyl (C=O) groups excluding carboxylic acids is 1. The van der Waals surface area contributed by atoms with E-state index < -0.39 is 6.03 Å². The van der Waals surface area contributed by atoms with Gasteiger partial charge in [-0.1, -0.05) is 36.0 Å². The van der Waals surface area contributed by atoms with Crippen molar-refractivity contribution < 1.29 is 4.79 Å². The van der Waals surface area contributed by atoms with Crippen LogP contribution in [-0.2, 0) is 0 Å². The Morgan fingerprint density at radius 3 is 2.83 bits per heavy atom. The topological polar surface area (TPSA) is 68.0 Å². The molecule has 2 amide bonds. The maximum absolute atomic E-state index is 11.2. The Balaban J connectivity index is 2.14. The standard InChI is InChI=1S/C13H11N3OS/c14-13(17)16-11-8-4-1-2-6-10(8)18-12-9(11)5-3-7-15-12/h1-7,11H,(H3,14,16,17)/t11-/m0/s1. The van der Waals surface area contributed by atoms with E-state index in [4.69, 9.17) is 5.73 Å². The Bertz CT molecular complexity index is 569. The molecule has 0 spiro atoms. The van der Waals surface area contributed by atoms with Crippen LogP contribution in [0, 0.1) is 0 Å². The highest BCUT2D eigenvalue weighted by Crippen LogP contribution is 2.43. The third-order valence-corrected chi connectivity index (χ3v) is 3.96. The van der Waals surface area contributed by atoms with Gasteiger partial charge in [0.2, 0.25) is 0 Å². The van der Waals surface area contributed by atoms with Gasteiger partial charge < -0.3 is 11.1 Å². The van der Waals surface area contributed by atoms with Crippen molar-refractivity contribution in [3.63, 3.8) is 0 Å². The number of rotatable bonds is 1. The van der Waals surface area contributed by atoms with Crippen molar-refractivity contribution in [1.29, 1.82) is 0 Å². The van der Waals surface area contributed by atoms with Gasteiger partial charge in [-0.3, -0.25) is 0 Å². The summed E-state index contributed by atoms with van der Waals surface area (Å²) in [5.41, 5.74) is 7.30. The quantitative estimate of drug-likeness (QED) is 0.823. The van der Waals surface area contributed by atoms with E-state index in [0.29, 0.717) is 0 Å². The summed E-state index contributed by atoms with van der Waals surface area (Å²) in [6.07, 6.45) is 1.75. The summed E-state index contributed by atoms with van der Waals surface area (Å²) in [4.78, 5) is 16.6. The highest BCUT2D eigenvalue weighted by Gasteiger charge is 2.27. The smallest absolute Gasteiger partial charge is 0.312 e. The summed E-state index contributed by atoms with van der Waals surface area (Å²) < 4.78 is 0. The Hall–Kier alpha value is -2.01. The molecule has 0 saturated carbocycles. The van der Waals surface area contributed by atoms with E-state index in [0.717, 1.165) is 21.0 Å². The fourth-order valence-electron chi connectivity index (χ4n) is 2.09. The minimum atomic E-state index is -0.531. The van der Waals surface area contributed by atoms with Crippen molar-refractivity contribution in [1.82, 2.24) is 10.3 Å². The van der Waals surface area contributed by atoms with Crippen LogP contribution in [0.25, 0.3) is 0 Å². The molecular weight excluding hydrogens is 246 g/mol. The number of carbonyl (C=O) groups is 1. The predicted octanol–water partition coefficient (Wildman–Crippen LogP) is 2.30. The van der Waals surface area contributed by atoms with Gasteiger partial charge in [0.15, 0.2) is 0 Å². The number of nitrogens with one attached hydrogen (secondary N) is 1. The fraction of sp³-hybridized carbons (Fsp3) is 0.0769. The van der Waals surface area contributed by atoms with Gasteiger partial charge in [0.05, 0.1) is 6.04 Å². The number of pyridine rings is 1. The van der Waals surface area contributed by atoms with Crippen molar-refractivity contribution in [3.8, 4) is 0 Å². The van der Waals surface area contributed by atoms with Crippen LogP contribution in [0.5, 0.6) is 0 Å². The van der Waals surface area contributed by atoms with Crippen molar-refractivity contribution >= 4 is 17.8 Å². The van der Waals surface area contributed by atoms with E-state index in [1.807, 2.05) is 36.4 Å². The van der Waals surface area contributed by atoms with Crippen LogP contribution in [0.15, 0.2) is 52.5 Å². The largest absolute Gasteiger partial charge is 0.352 e. The Morgan fingerprint density at radius 1 is 1.22 bits per heavy atom. The van der Waals surface area contributed by atoms with Gasteiger partial charge in [0, 0.05) is 16.7 Å². The van der Waals surface area contributed by atoms with Crippen LogP contribution >= 0.6 is 11.8 Å². The van der Waals surface area contributed by atoms with E-state index in [-0.39, 0.29) is 6.04 Å². The van der Waals surface area contributed by atoms with Gasteiger partial charge in [0.1, 0.15) is 5.03 Å². The second kappa shape index (κ2) is 4.34. The molecule has 2 aromatic rings. The van der Waals surface area contributed by atoms with E-state index in [1.54, 1.807) is 18.0 Å². The number of benzene rings is 1. The third-order valence-electron chi connectivity index (χ3n) is 2.83. The van der Waals surface area contributed by atoms with Gasteiger partial charge in [-0.15, -0.1) is 0 Å². The molecule has 1 aliphatic rings. The molecule has 1 aromatic heterocycles. The number of aromatic nitrogens is 1. The molecule has 0 fully saturated rings. The summed E-state index contributed by atoms with van der Waals surface area (Å²) in [5.74, 6) is 0. The molecule has 0 unspecified atom stereocenters. The molecule has 0 bridgehead atoms. The predicted molar refractivity (Wildman–Crippen MR) is 69.4 cm³/mol. The number of nitrogens with zero attached hydrogens (tertiary/aromatic N) is 1. The Morgan fingerprint density at radius 2 is 2.00 bits per heavy atom. The van der Waals surface area contributed by atoms with E-state index in [2.05, 4.69) is 10.3 Å². The number of fused-ring (bicyclic) bond motifs is 2. The third kappa shape index (κ3) is 1.82. The van der Waals surface area contributed by atoms with Crippen molar-refractivity contribution in [2.75, 3.05) is 0 Å². The highest BCUT2D eigenvalue weighted by atomic mass is 32.2. The van der Waals surface area contributed by atoms with E-state index >= 15 is 0 Å². The van der Waals surface area contributed by atoms with Gasteiger partial charge in [0.25, 0.3) is 0 Å². The molecule has 18 heavy (non-hydrogen) atoms. The molecule has 1 aromatic carbocycles. The van der Waals surface area contributed by atoms with Crippen LogP contribution in [0.3, 0.4) is 0 Å². The number of primary amides is 1. The lowest BCUT2D eigenvalue weighted by molar-refractivity contribution is 0.246. The number of nitrogens with two attached hydrogens (primary N) is 1. The van der Waals surface area contributed by atoms with Gasteiger partial charge in [-0.2, -0.15) is 0 Å². The zero-order valence-corrected chi connectivity index (χ0v) is 10.3. The highest BCUT2D eigenvalue weighted by molar-refractivity contribution is 7.99. The normalized spacial score (nSPS) is 16.6. The first kappa shape index (κ1) is 11.1. The zero-order chi connectivity index (χ0) is 12.5. The molecule has 0 saturated heterocycles. The SMILES string of the molecule is NC(=O)N[C@H]1c2ccccc2Sc2ncccc21. The number of hydrogen-bond acceptors (Lipinski definition) is 3. The lowest BCUT2D eigenvalue weighted by atomic mass is 9.99. The molecule has 4 nitrogen and oxygen atoms in total. The van der Waals surface area contributed by atoms with Crippen molar-refractivity contribution in [2.24, 2.45) is 5.73 Å². The molecule has 1 aliphatic heterocycles. The Labute approximate surface area is 109 Å². The molecule has 3 N–H and O–H groups in total. The molecule has 5 heteroatoms. The summed E-state index contributed by atoms with van der Waals surface area (Å²) in [5, 5.41) is 3.69. The Kier molecular flexibility index (Phi) is 2.68. The molecular formula is C13H11N3OS. The van der Waals surface area contributed by atoms with E-state index in [9.17, 15) is 4.79 Å². The first-order valence-corrected chi connectivity index (χ1v) is 6.35. The minimum absolute atomic E-state index is 0.219. The van der Waals surface area contributed by atoms with E-state index in [1.165, 1.54) is 0 Å². The summed E-state index contributed by atoms with van der Waals surface area (Å²) >= 11 is 1.61. The number of urea groups is 1. The molecule has 3 rings (SSSR count). The second-order valence-electron chi connectivity index (χ2n) is 3.98. The summed E-state index contributed by atoms with van der Waals surface area (Å²) in [6.45, 7) is 0. The van der Waals surface area contributed by atoms with Gasteiger partial charge in [-0.05, 0) is 17.7 Å². The average Bonchev–Trinajstić information content (AvgIpc) is 2.38. The molecule has 1 atom stereocenters. The van der Waals surface area contributed by atoms with Crippen molar-refractivity contribution in [2.45, 2.75) is 16.0 Å². The molecule has 90 valence electrons. The second-order valence-corrected chi connectivity index (χ2v) is 5.01. The first-order chi connectivity index (χ1) is 8.75. The zero-order valence-electron chi connectivity index (χ0n) is 9.46. The molecule has 2 heterocycles. The van der Waals surface area contributed by atoms with Crippen LogP contribution in [0.4, 0.5) is 4.79 Å². The lowest BCUT2D eigenvalue weighted by Crippen LogP contribution is -2.35. The van der Waals surface area contributed by atoms with Crippen molar-refractivity contribution in [3.05, 3.63) is 53.7 Å². The molecule has 0 radical (unpaired) electrons. The number of amides is 2. The minimum Gasteiger partial charge on any atom is -0.352 e. The average molecular weight is 257 g/mol. The summed E-state index contributed by atoms with van der Waals surface area (Å²) in [7, 11) is 0. The maximum Gasteiger partial charge on any atom is 0.312 e. The lowest BCUT2D eigenvalue weighted by Gasteiger charge is -2.26. The van der Waals surface area contributed by atoms with Gasteiger partial charge >= 0.3 is 6.03 Å². The van der Waals surface area contributed by atoms with Crippen LogP contribution in [-0.4, -0.2) is 11.0 Å². The van der Waals surface area contributed by atoms with Crippen LogP contribution in [0.1, 0.15) is 17.2 Å². The van der Waals surface area contributed by atoms with Crippen LogP contribution in [0.2, 0.25) is 0 Å². The molecule has 0 aliphatic carbocycles. The first-order valence-electron chi connectivity index (χ1n) is 5.53. The number of hydrogen-bond donors (Lipinski definition) is 2. The fourth-order valence-corrected chi connectivity index (χ4v) is 3.17. The summed E-state index contributed by atoms with van der Waals surface area (Å²) in [6, 6.07) is 11.0. The van der Waals surface area contributed by atoms with Crippen LogP contribution < -0.4 is 11.1 Å². The monoisotopic (exact) mass is 257 g/mol. The van der Waals surface area contributed by atoms with Gasteiger partial charge in [-0.25, -0.2) is 9.78 Å².